The van der Waals surface area contributed by atoms with Crippen molar-refractivity contribution in [1.82, 2.24) is 19.4 Å². The third kappa shape index (κ3) is 2.98. The molecule has 2 aromatic heterocycles. The van der Waals surface area contributed by atoms with Crippen molar-refractivity contribution in [3.8, 4) is 0 Å². The first-order chi connectivity index (χ1) is 12.6. The van der Waals surface area contributed by atoms with Crippen molar-refractivity contribution >= 4 is 11.9 Å². The molecule has 1 amide bonds. The molecule has 0 radical (unpaired) electrons. The highest BCUT2D eigenvalue weighted by molar-refractivity contribution is 5.92. The summed E-state index contributed by atoms with van der Waals surface area (Å²) in [5, 5.41) is 0. The minimum Gasteiger partial charge on any atom is -0.340 e. The number of carbonyl (C=O) groups excluding carboxylic acids is 1. The van der Waals surface area contributed by atoms with Crippen molar-refractivity contribution in [3.63, 3.8) is 0 Å². The maximum absolute atomic E-state index is 12.8. The molecule has 0 saturated carbocycles. The van der Waals surface area contributed by atoms with Crippen molar-refractivity contribution < 1.29 is 4.79 Å². The molecule has 2 aromatic rings. The van der Waals surface area contributed by atoms with E-state index in [2.05, 4.69) is 14.9 Å². The van der Waals surface area contributed by atoms with E-state index in [1.807, 2.05) is 11.0 Å². The Hall–Kier alpha value is -2.70. The smallest absolute Gasteiger partial charge is 0.270 e. The van der Waals surface area contributed by atoms with Crippen LogP contribution in [0.25, 0.3) is 0 Å². The van der Waals surface area contributed by atoms with E-state index in [0.29, 0.717) is 5.69 Å². The quantitative estimate of drug-likeness (QED) is 0.814. The van der Waals surface area contributed by atoms with Gasteiger partial charge in [0.05, 0.1) is 0 Å². The number of hydrogen-bond donors (Lipinski definition) is 0. The van der Waals surface area contributed by atoms with E-state index in [9.17, 15) is 9.59 Å². The summed E-state index contributed by atoms with van der Waals surface area (Å²) in [4.78, 5) is 37.4. The number of carbonyl (C=O) groups is 1. The Morgan fingerprint density at radius 2 is 1.73 bits per heavy atom. The highest BCUT2D eigenvalue weighted by atomic mass is 16.2. The molecule has 1 spiro atoms. The predicted octanol–water partition coefficient (Wildman–Crippen LogP) is 1.31. The van der Waals surface area contributed by atoms with E-state index in [-0.39, 0.29) is 16.9 Å². The number of likely N-dealkylation sites (tertiary alicyclic amines) is 1. The van der Waals surface area contributed by atoms with Crippen LogP contribution in [0, 0.1) is 5.41 Å². The van der Waals surface area contributed by atoms with Crippen LogP contribution in [-0.2, 0) is 7.05 Å². The van der Waals surface area contributed by atoms with Crippen molar-refractivity contribution in [2.75, 3.05) is 31.1 Å². The molecule has 0 aliphatic carbocycles. The van der Waals surface area contributed by atoms with E-state index in [0.717, 1.165) is 51.4 Å². The summed E-state index contributed by atoms with van der Waals surface area (Å²) in [6.07, 6.45) is 6.61. The van der Waals surface area contributed by atoms with Crippen LogP contribution in [0.5, 0.6) is 0 Å². The molecule has 2 fully saturated rings. The van der Waals surface area contributed by atoms with Gasteiger partial charge in [0.15, 0.2) is 0 Å². The molecule has 0 aromatic carbocycles. The summed E-state index contributed by atoms with van der Waals surface area (Å²) in [6.45, 7) is 3.37. The minimum atomic E-state index is -0.154. The number of amides is 1. The summed E-state index contributed by atoms with van der Waals surface area (Å²) in [6, 6.07) is 6.67. The second kappa shape index (κ2) is 6.55. The van der Waals surface area contributed by atoms with Gasteiger partial charge in [0, 0.05) is 51.7 Å². The minimum absolute atomic E-state index is 0.0544. The number of rotatable bonds is 2. The van der Waals surface area contributed by atoms with Crippen molar-refractivity contribution in [2.45, 2.75) is 19.3 Å². The highest BCUT2D eigenvalue weighted by Gasteiger charge is 2.42. The Morgan fingerprint density at radius 1 is 1.04 bits per heavy atom. The molecule has 2 aliphatic rings. The van der Waals surface area contributed by atoms with Gasteiger partial charge in [-0.05, 0) is 36.8 Å². The Balaban J connectivity index is 1.42. The van der Waals surface area contributed by atoms with Crippen LogP contribution >= 0.6 is 0 Å². The Bertz CT molecular complexity index is 856. The summed E-state index contributed by atoms with van der Waals surface area (Å²) < 4.78 is 1.43. The van der Waals surface area contributed by atoms with Crippen LogP contribution < -0.4 is 10.5 Å². The van der Waals surface area contributed by atoms with Gasteiger partial charge in [0.1, 0.15) is 5.69 Å². The molecule has 0 N–H and O–H groups in total. The molecule has 4 rings (SSSR count). The first kappa shape index (κ1) is 16.8. The summed E-state index contributed by atoms with van der Waals surface area (Å²) in [5.41, 5.74) is 0.538. The number of hydrogen-bond acceptors (Lipinski definition) is 5. The average Bonchev–Trinajstić information content (AvgIpc) is 3.08. The molecule has 0 bridgehead atoms. The van der Waals surface area contributed by atoms with Crippen LogP contribution in [0.3, 0.4) is 0 Å². The molecule has 2 aliphatic heterocycles. The molecule has 136 valence electrons. The van der Waals surface area contributed by atoms with Crippen LogP contribution in [-0.4, -0.2) is 51.5 Å². The molecule has 7 heteroatoms. The lowest BCUT2D eigenvalue weighted by Gasteiger charge is -2.39. The first-order valence-electron chi connectivity index (χ1n) is 9.05. The van der Waals surface area contributed by atoms with Crippen LogP contribution in [0.1, 0.15) is 29.8 Å². The number of nitrogens with zero attached hydrogens (tertiary/aromatic N) is 5. The van der Waals surface area contributed by atoms with E-state index in [4.69, 9.17) is 0 Å². The summed E-state index contributed by atoms with van der Waals surface area (Å²) >= 11 is 0. The van der Waals surface area contributed by atoms with Gasteiger partial charge in [-0.25, -0.2) is 9.97 Å². The largest absolute Gasteiger partial charge is 0.340 e. The molecule has 7 nitrogen and oxygen atoms in total. The van der Waals surface area contributed by atoms with E-state index < -0.39 is 0 Å². The van der Waals surface area contributed by atoms with E-state index in [1.54, 1.807) is 31.6 Å². The van der Waals surface area contributed by atoms with Gasteiger partial charge in [-0.2, -0.15) is 0 Å². The van der Waals surface area contributed by atoms with Crippen LogP contribution in [0.2, 0.25) is 0 Å². The van der Waals surface area contributed by atoms with E-state index >= 15 is 0 Å². The second-order valence-corrected chi connectivity index (χ2v) is 7.32. The number of pyridine rings is 1. The zero-order valence-corrected chi connectivity index (χ0v) is 15.0. The van der Waals surface area contributed by atoms with Gasteiger partial charge in [0.2, 0.25) is 5.95 Å². The second-order valence-electron chi connectivity index (χ2n) is 7.32. The summed E-state index contributed by atoms with van der Waals surface area (Å²) in [7, 11) is 1.65. The number of aromatic nitrogens is 3. The lowest BCUT2D eigenvalue weighted by atomic mass is 9.77. The fourth-order valence-electron chi connectivity index (χ4n) is 4.09. The Labute approximate surface area is 152 Å². The average molecular weight is 353 g/mol. The predicted molar refractivity (Wildman–Crippen MR) is 98.1 cm³/mol. The molecule has 0 unspecified atom stereocenters. The van der Waals surface area contributed by atoms with Gasteiger partial charge in [0.25, 0.3) is 11.5 Å². The van der Waals surface area contributed by atoms with Crippen molar-refractivity contribution in [3.05, 3.63) is 52.7 Å². The van der Waals surface area contributed by atoms with Gasteiger partial charge in [-0.3, -0.25) is 9.59 Å². The zero-order chi connectivity index (χ0) is 18.1. The van der Waals surface area contributed by atoms with Crippen molar-refractivity contribution in [1.29, 1.82) is 0 Å². The normalized spacial score (nSPS) is 19.1. The van der Waals surface area contributed by atoms with Crippen LogP contribution in [0.4, 0.5) is 5.95 Å². The maximum Gasteiger partial charge on any atom is 0.270 e. The standard InChI is InChI=1S/C19H23N5O2/c1-22-15(4-2-5-16(22)25)17(26)23-11-6-19(7-12-23)8-13-24(14-19)18-20-9-3-10-21-18/h2-5,9-10H,6-8,11-14H2,1H3. The SMILES string of the molecule is Cn1c(C(=O)N2CCC3(CC2)CCN(c2ncccn2)C3)cccc1=O. The number of piperidine rings is 1. The molecular formula is C19H23N5O2. The van der Waals surface area contributed by atoms with Crippen molar-refractivity contribution in [2.24, 2.45) is 12.5 Å². The Morgan fingerprint density at radius 3 is 2.46 bits per heavy atom. The Kier molecular flexibility index (Phi) is 4.22. The topological polar surface area (TPSA) is 71.3 Å². The zero-order valence-electron chi connectivity index (χ0n) is 15.0. The fourth-order valence-corrected chi connectivity index (χ4v) is 4.09. The third-order valence-electron chi connectivity index (χ3n) is 5.79. The molecule has 2 saturated heterocycles. The molecule has 4 heterocycles. The summed E-state index contributed by atoms with van der Waals surface area (Å²) in [5.74, 6) is 0.739. The number of anilines is 1. The molecular weight excluding hydrogens is 330 g/mol. The van der Waals surface area contributed by atoms with E-state index in [1.165, 1.54) is 10.6 Å². The lowest BCUT2D eigenvalue weighted by molar-refractivity contribution is 0.0599. The van der Waals surface area contributed by atoms with Crippen LogP contribution in [0.15, 0.2) is 41.5 Å². The highest BCUT2D eigenvalue weighted by Crippen LogP contribution is 2.41. The molecule has 0 atom stereocenters. The van der Waals surface area contributed by atoms with Gasteiger partial charge < -0.3 is 14.4 Å². The fraction of sp³-hybridized carbons (Fsp3) is 0.474. The molecule has 26 heavy (non-hydrogen) atoms. The van der Waals surface area contributed by atoms with Gasteiger partial charge >= 0.3 is 0 Å². The monoisotopic (exact) mass is 353 g/mol. The maximum atomic E-state index is 12.8. The lowest BCUT2D eigenvalue weighted by Crippen LogP contribution is -2.45. The van der Waals surface area contributed by atoms with Gasteiger partial charge in [-0.1, -0.05) is 6.07 Å². The van der Waals surface area contributed by atoms with Gasteiger partial charge in [-0.15, -0.1) is 0 Å². The first-order valence-corrected chi connectivity index (χ1v) is 9.05. The third-order valence-corrected chi connectivity index (χ3v) is 5.79.